The summed E-state index contributed by atoms with van der Waals surface area (Å²) in [7, 11) is 0. The summed E-state index contributed by atoms with van der Waals surface area (Å²) in [5.41, 5.74) is 0.748. The van der Waals surface area contributed by atoms with E-state index < -0.39 is 11.7 Å². The summed E-state index contributed by atoms with van der Waals surface area (Å²) in [5, 5.41) is 0. The van der Waals surface area contributed by atoms with Gasteiger partial charge in [0.15, 0.2) is 0 Å². The van der Waals surface area contributed by atoms with Gasteiger partial charge < -0.3 is 9.64 Å². The summed E-state index contributed by atoms with van der Waals surface area (Å²) >= 11 is 0. The van der Waals surface area contributed by atoms with Crippen molar-refractivity contribution >= 4 is 5.91 Å². The molecule has 154 valence electrons. The molecule has 0 unspecified atom stereocenters. The Hall–Kier alpha value is -2.41. The van der Waals surface area contributed by atoms with E-state index in [1.807, 2.05) is 4.90 Å². The summed E-state index contributed by atoms with van der Waals surface area (Å²) in [6, 6.07) is 10.9. The lowest BCUT2D eigenvalue weighted by Gasteiger charge is -2.37. The second kappa shape index (κ2) is 8.14. The number of carbonyl (C=O) groups excluding carboxylic acids is 1. The standard InChI is InChI=1S/C22H23F3N2O2/c23-22(24,25)18-9-2-1-5-16(18)13-17-8-4-10-19(26-17)20-14-27(11-12-29-20)21(28)15-6-3-7-15/h1-2,4-5,8-10,15,20H,3,6-7,11-14H2/t20-/m0/s1. The van der Waals surface area contributed by atoms with Crippen LogP contribution in [-0.4, -0.2) is 35.5 Å². The second-order valence-electron chi connectivity index (χ2n) is 7.66. The Balaban J connectivity index is 1.50. The van der Waals surface area contributed by atoms with Gasteiger partial charge in [-0.1, -0.05) is 30.7 Å². The van der Waals surface area contributed by atoms with Crippen molar-refractivity contribution in [2.75, 3.05) is 19.7 Å². The van der Waals surface area contributed by atoms with Crippen LogP contribution in [0.1, 0.15) is 47.9 Å². The van der Waals surface area contributed by atoms with Crippen LogP contribution < -0.4 is 0 Å². The predicted molar refractivity (Wildman–Crippen MR) is 101 cm³/mol. The van der Waals surface area contributed by atoms with Gasteiger partial charge in [-0.05, 0) is 36.6 Å². The summed E-state index contributed by atoms with van der Waals surface area (Å²) in [5.74, 6) is 0.312. The van der Waals surface area contributed by atoms with Crippen molar-refractivity contribution in [3.05, 3.63) is 65.0 Å². The summed E-state index contributed by atoms with van der Waals surface area (Å²) in [6.45, 7) is 1.45. The Morgan fingerprint density at radius 2 is 1.93 bits per heavy atom. The molecule has 0 radical (unpaired) electrons. The van der Waals surface area contributed by atoms with Crippen molar-refractivity contribution in [1.29, 1.82) is 0 Å². The second-order valence-corrected chi connectivity index (χ2v) is 7.66. The molecular formula is C22H23F3N2O2. The lowest BCUT2D eigenvalue weighted by Crippen LogP contribution is -2.46. The number of morpholine rings is 1. The third-order valence-electron chi connectivity index (χ3n) is 5.69. The van der Waals surface area contributed by atoms with Crippen LogP contribution in [0.25, 0.3) is 0 Å². The highest BCUT2D eigenvalue weighted by Gasteiger charge is 2.34. The molecule has 0 bridgehead atoms. The maximum atomic E-state index is 13.3. The Morgan fingerprint density at radius 1 is 1.14 bits per heavy atom. The Bertz CT molecular complexity index is 880. The first-order chi connectivity index (χ1) is 13.9. The highest BCUT2D eigenvalue weighted by Crippen LogP contribution is 2.33. The zero-order valence-corrected chi connectivity index (χ0v) is 16.0. The number of amides is 1. The average Bonchev–Trinajstić information content (AvgIpc) is 2.66. The van der Waals surface area contributed by atoms with Crippen LogP contribution in [0.2, 0.25) is 0 Å². The number of carbonyl (C=O) groups is 1. The van der Waals surface area contributed by atoms with Gasteiger partial charge in [0.2, 0.25) is 5.91 Å². The number of nitrogens with zero attached hydrogens (tertiary/aromatic N) is 2. The van der Waals surface area contributed by atoms with Gasteiger partial charge in [-0.25, -0.2) is 0 Å². The number of ether oxygens (including phenoxy) is 1. The van der Waals surface area contributed by atoms with E-state index in [9.17, 15) is 18.0 Å². The van der Waals surface area contributed by atoms with Gasteiger partial charge in [-0.3, -0.25) is 9.78 Å². The van der Waals surface area contributed by atoms with Gasteiger partial charge in [0.05, 0.1) is 24.4 Å². The molecule has 4 nitrogen and oxygen atoms in total. The van der Waals surface area contributed by atoms with Crippen molar-refractivity contribution in [1.82, 2.24) is 9.88 Å². The first-order valence-electron chi connectivity index (χ1n) is 9.93. The predicted octanol–water partition coefficient (Wildman–Crippen LogP) is 4.39. The van der Waals surface area contributed by atoms with E-state index in [-0.39, 0.29) is 29.9 Å². The third kappa shape index (κ3) is 4.45. The fourth-order valence-corrected chi connectivity index (χ4v) is 3.86. The summed E-state index contributed by atoms with van der Waals surface area (Å²) in [4.78, 5) is 18.9. The van der Waals surface area contributed by atoms with E-state index in [1.165, 1.54) is 12.1 Å². The minimum atomic E-state index is -4.40. The quantitative estimate of drug-likeness (QED) is 0.759. The van der Waals surface area contributed by atoms with E-state index in [0.29, 0.717) is 31.1 Å². The SMILES string of the molecule is O=C(C1CCC1)N1CCO[C@H](c2cccc(Cc3ccccc3C(F)(F)F)n2)C1. The Morgan fingerprint density at radius 3 is 2.66 bits per heavy atom. The largest absolute Gasteiger partial charge is 0.416 e. The Labute approximate surface area is 167 Å². The summed E-state index contributed by atoms with van der Waals surface area (Å²) < 4.78 is 45.6. The number of benzene rings is 1. The molecule has 1 aliphatic heterocycles. The van der Waals surface area contributed by atoms with Crippen molar-refractivity contribution in [3.8, 4) is 0 Å². The van der Waals surface area contributed by atoms with E-state index >= 15 is 0 Å². The molecule has 0 spiro atoms. The molecule has 4 rings (SSSR count). The van der Waals surface area contributed by atoms with Crippen LogP contribution >= 0.6 is 0 Å². The fraction of sp³-hybridized carbons (Fsp3) is 0.455. The number of aromatic nitrogens is 1. The van der Waals surface area contributed by atoms with Crippen LogP contribution in [-0.2, 0) is 22.1 Å². The lowest BCUT2D eigenvalue weighted by atomic mass is 9.84. The average molecular weight is 404 g/mol. The molecule has 1 aromatic heterocycles. The van der Waals surface area contributed by atoms with Gasteiger partial charge in [-0.2, -0.15) is 13.2 Å². The van der Waals surface area contributed by atoms with E-state index in [2.05, 4.69) is 4.98 Å². The smallest absolute Gasteiger partial charge is 0.368 e. The lowest BCUT2D eigenvalue weighted by molar-refractivity contribution is -0.146. The molecule has 1 aromatic carbocycles. The number of halogens is 3. The molecule has 1 saturated heterocycles. The van der Waals surface area contributed by atoms with Gasteiger partial charge in [0.1, 0.15) is 6.10 Å². The highest BCUT2D eigenvalue weighted by molar-refractivity contribution is 5.79. The molecule has 29 heavy (non-hydrogen) atoms. The third-order valence-corrected chi connectivity index (χ3v) is 5.69. The molecule has 1 aliphatic carbocycles. The molecule has 2 aliphatic rings. The summed E-state index contributed by atoms with van der Waals surface area (Å²) in [6.07, 6.45) is -1.66. The van der Waals surface area contributed by atoms with E-state index in [0.717, 1.165) is 25.3 Å². The topological polar surface area (TPSA) is 42.4 Å². The van der Waals surface area contributed by atoms with Crippen molar-refractivity contribution in [2.24, 2.45) is 5.92 Å². The highest BCUT2D eigenvalue weighted by atomic mass is 19.4. The minimum absolute atomic E-state index is 0.0843. The zero-order valence-electron chi connectivity index (χ0n) is 16.0. The van der Waals surface area contributed by atoms with Crippen molar-refractivity contribution < 1.29 is 22.7 Å². The first-order valence-corrected chi connectivity index (χ1v) is 9.93. The normalized spacial score (nSPS) is 20.4. The van der Waals surface area contributed by atoms with E-state index in [1.54, 1.807) is 24.3 Å². The van der Waals surface area contributed by atoms with Crippen LogP contribution in [0.15, 0.2) is 42.5 Å². The number of pyridine rings is 1. The maximum absolute atomic E-state index is 13.3. The molecule has 0 N–H and O–H groups in total. The van der Waals surface area contributed by atoms with Gasteiger partial charge in [0, 0.05) is 24.6 Å². The van der Waals surface area contributed by atoms with Gasteiger partial charge in [0.25, 0.3) is 0 Å². The first kappa shape index (κ1) is 19.9. The van der Waals surface area contributed by atoms with Gasteiger partial charge >= 0.3 is 6.18 Å². The molecule has 7 heteroatoms. The van der Waals surface area contributed by atoms with Crippen LogP contribution in [0.5, 0.6) is 0 Å². The Kier molecular flexibility index (Phi) is 5.58. The molecule has 2 heterocycles. The van der Waals surface area contributed by atoms with Crippen LogP contribution in [0.4, 0.5) is 13.2 Å². The molecule has 1 amide bonds. The number of hydrogen-bond acceptors (Lipinski definition) is 3. The van der Waals surface area contributed by atoms with Gasteiger partial charge in [-0.15, -0.1) is 0 Å². The van der Waals surface area contributed by atoms with E-state index in [4.69, 9.17) is 4.74 Å². The van der Waals surface area contributed by atoms with Crippen molar-refractivity contribution in [2.45, 2.75) is 38.0 Å². The van der Waals surface area contributed by atoms with Crippen molar-refractivity contribution in [3.63, 3.8) is 0 Å². The molecule has 2 fully saturated rings. The zero-order chi connectivity index (χ0) is 20.4. The maximum Gasteiger partial charge on any atom is 0.416 e. The minimum Gasteiger partial charge on any atom is -0.368 e. The molecule has 1 saturated carbocycles. The van der Waals surface area contributed by atoms with Crippen LogP contribution in [0, 0.1) is 5.92 Å². The number of alkyl halides is 3. The monoisotopic (exact) mass is 404 g/mol. The van der Waals surface area contributed by atoms with Crippen LogP contribution in [0.3, 0.4) is 0 Å². The number of rotatable bonds is 4. The fourth-order valence-electron chi connectivity index (χ4n) is 3.86. The molecular weight excluding hydrogens is 381 g/mol. The number of hydrogen-bond donors (Lipinski definition) is 0. The molecule has 1 atom stereocenters. The molecule has 2 aromatic rings.